The van der Waals surface area contributed by atoms with Crippen LogP contribution < -0.4 is 5.32 Å². The average molecular weight is 637 g/mol. The van der Waals surface area contributed by atoms with E-state index in [2.05, 4.69) is 68.4 Å². The number of esters is 1. The Bertz CT molecular complexity index is 1240. The second-order valence-electron chi connectivity index (χ2n) is 11.6. The van der Waals surface area contributed by atoms with Gasteiger partial charge < -0.3 is 14.8 Å². The standard InChI is InChI=1S/C36H48N2O4S2/c1-6-11-32-29(5)18-20-33(42-32)31(38-34(39)21-23-43-44-35-15-7-8-22-37-35)14-9-12-26(2)24-28(4)25-27(3)17-19-30-13-10-16-36(40)41-30/h6-12,14-17,19,22,25,28-33H,13,18,20-21,23-24H2,1-5H3,(H,38,39)/b11-6+,14-9+,19-17+,26-12+,27-25-/t28-,29+,30?,31-,32?,33?/m1/s1. The van der Waals surface area contributed by atoms with Crippen LogP contribution in [-0.2, 0) is 19.1 Å². The number of ether oxygens (including phenoxy) is 2. The van der Waals surface area contributed by atoms with Crippen LogP contribution in [0.4, 0.5) is 0 Å². The van der Waals surface area contributed by atoms with Crippen molar-refractivity contribution in [2.75, 3.05) is 5.75 Å². The minimum absolute atomic E-state index is 0.0283. The van der Waals surface area contributed by atoms with E-state index in [9.17, 15) is 9.59 Å². The number of nitrogens with one attached hydrogen (secondary N) is 1. The molecule has 3 heterocycles. The van der Waals surface area contributed by atoms with Gasteiger partial charge in [-0.2, -0.15) is 0 Å². The second-order valence-corrected chi connectivity index (χ2v) is 14.0. The number of hydrogen-bond acceptors (Lipinski definition) is 7. The summed E-state index contributed by atoms with van der Waals surface area (Å²) < 4.78 is 11.8. The molecule has 1 aromatic heterocycles. The molecule has 1 fully saturated rings. The Hall–Kier alpha value is -2.81. The highest BCUT2D eigenvalue weighted by Gasteiger charge is 2.31. The van der Waals surface area contributed by atoms with E-state index in [1.807, 2.05) is 49.4 Å². The van der Waals surface area contributed by atoms with Gasteiger partial charge in [0.25, 0.3) is 0 Å². The Kier molecular flexibility index (Phi) is 15.8. The predicted molar refractivity (Wildman–Crippen MR) is 184 cm³/mol. The lowest BCUT2D eigenvalue weighted by Gasteiger charge is -2.37. The van der Waals surface area contributed by atoms with E-state index < -0.39 is 0 Å². The first-order chi connectivity index (χ1) is 21.2. The van der Waals surface area contributed by atoms with E-state index in [4.69, 9.17) is 9.47 Å². The number of rotatable bonds is 15. The molecule has 44 heavy (non-hydrogen) atoms. The van der Waals surface area contributed by atoms with Crippen molar-refractivity contribution in [3.8, 4) is 0 Å². The average Bonchev–Trinajstić information content (AvgIpc) is 2.99. The van der Waals surface area contributed by atoms with E-state index in [-0.39, 0.29) is 36.2 Å². The molecule has 0 radical (unpaired) electrons. The van der Waals surface area contributed by atoms with Crippen LogP contribution in [-0.4, -0.2) is 47.0 Å². The van der Waals surface area contributed by atoms with Gasteiger partial charge in [-0.3, -0.25) is 4.79 Å². The molecule has 1 amide bonds. The first-order valence-corrected chi connectivity index (χ1v) is 17.9. The van der Waals surface area contributed by atoms with E-state index in [1.54, 1.807) is 27.8 Å². The van der Waals surface area contributed by atoms with E-state index in [0.717, 1.165) is 29.9 Å². The number of allylic oxidation sites excluding steroid dienone is 7. The molecule has 1 N–H and O–H groups in total. The van der Waals surface area contributed by atoms with Crippen molar-refractivity contribution in [3.05, 3.63) is 96.3 Å². The van der Waals surface area contributed by atoms with Gasteiger partial charge in [0.05, 0.1) is 18.2 Å². The number of aromatic nitrogens is 1. The van der Waals surface area contributed by atoms with Crippen LogP contribution in [0.15, 0.2) is 101 Å². The lowest BCUT2D eigenvalue weighted by Crippen LogP contribution is -2.47. The maximum Gasteiger partial charge on any atom is 0.331 e. The van der Waals surface area contributed by atoms with E-state index >= 15 is 0 Å². The summed E-state index contributed by atoms with van der Waals surface area (Å²) in [5, 5.41) is 4.20. The van der Waals surface area contributed by atoms with Gasteiger partial charge in [0.2, 0.25) is 5.91 Å². The summed E-state index contributed by atoms with van der Waals surface area (Å²) in [5.41, 5.74) is 2.40. The highest BCUT2D eigenvalue weighted by Crippen LogP contribution is 2.30. The van der Waals surface area contributed by atoms with Gasteiger partial charge in [0.1, 0.15) is 11.1 Å². The molecule has 6 nitrogen and oxygen atoms in total. The third-order valence-corrected chi connectivity index (χ3v) is 9.73. The lowest BCUT2D eigenvalue weighted by molar-refractivity contribution is -0.141. The molecule has 6 atom stereocenters. The van der Waals surface area contributed by atoms with Gasteiger partial charge in [-0.05, 0) is 80.9 Å². The summed E-state index contributed by atoms with van der Waals surface area (Å²) in [7, 11) is 3.23. The fourth-order valence-electron chi connectivity index (χ4n) is 5.23. The van der Waals surface area contributed by atoms with Crippen LogP contribution >= 0.6 is 21.6 Å². The van der Waals surface area contributed by atoms with Gasteiger partial charge in [-0.15, -0.1) is 0 Å². The fourth-order valence-corrected chi connectivity index (χ4v) is 7.10. The second kappa shape index (κ2) is 19.6. The normalized spacial score (nSPS) is 24.6. The number of nitrogens with zero attached hydrogens (tertiary/aromatic N) is 1. The summed E-state index contributed by atoms with van der Waals surface area (Å²) >= 11 is 0. The number of pyridine rings is 1. The summed E-state index contributed by atoms with van der Waals surface area (Å²) in [6, 6.07) is 5.64. The van der Waals surface area contributed by atoms with Crippen LogP contribution in [0.5, 0.6) is 0 Å². The molecule has 0 bridgehead atoms. The Morgan fingerprint density at radius 2 is 2.07 bits per heavy atom. The van der Waals surface area contributed by atoms with Crippen LogP contribution in [0.3, 0.4) is 0 Å². The molecule has 2 aliphatic heterocycles. The van der Waals surface area contributed by atoms with Crippen molar-refractivity contribution < 1.29 is 19.1 Å². The number of hydrogen-bond donors (Lipinski definition) is 1. The number of carbonyl (C=O) groups excluding carboxylic acids is 2. The summed E-state index contributed by atoms with van der Waals surface area (Å²) in [4.78, 5) is 28.7. The van der Waals surface area contributed by atoms with Gasteiger partial charge in [0.15, 0.2) is 0 Å². The van der Waals surface area contributed by atoms with Crippen molar-refractivity contribution in [1.82, 2.24) is 10.3 Å². The highest BCUT2D eigenvalue weighted by molar-refractivity contribution is 8.76. The SMILES string of the molecule is C/C=C/C1OC([C@@H](/C=C/C=C(\C)C[C@@H](C)/C=C(C)\C=C\C2CC=CC(=O)O2)NC(=O)CCSSc2ccccn2)CC[C@@H]1C. The molecule has 1 aromatic rings. The summed E-state index contributed by atoms with van der Waals surface area (Å²) in [5.74, 6) is 1.25. The molecule has 0 aromatic carbocycles. The first-order valence-electron chi connectivity index (χ1n) is 15.6. The quantitative estimate of drug-likeness (QED) is 0.0682. The van der Waals surface area contributed by atoms with Gasteiger partial charge in [-0.25, -0.2) is 9.78 Å². The zero-order valence-corrected chi connectivity index (χ0v) is 28.3. The van der Waals surface area contributed by atoms with Gasteiger partial charge in [-0.1, -0.05) is 90.5 Å². The minimum atomic E-state index is -0.284. The molecule has 1 saturated heterocycles. The topological polar surface area (TPSA) is 77.5 Å². The molecule has 0 aliphatic carbocycles. The third kappa shape index (κ3) is 13.4. The van der Waals surface area contributed by atoms with Crippen LogP contribution in [0, 0.1) is 11.8 Å². The van der Waals surface area contributed by atoms with Crippen molar-refractivity contribution in [3.63, 3.8) is 0 Å². The van der Waals surface area contributed by atoms with E-state index in [0.29, 0.717) is 30.4 Å². The Labute approximate surface area is 272 Å². The maximum atomic E-state index is 13.0. The minimum Gasteiger partial charge on any atom is -0.455 e. The molecule has 3 unspecified atom stereocenters. The molecule has 0 spiro atoms. The molecule has 238 valence electrons. The monoisotopic (exact) mass is 636 g/mol. The molecule has 3 rings (SSSR count). The maximum absolute atomic E-state index is 13.0. The smallest absolute Gasteiger partial charge is 0.331 e. The lowest BCUT2D eigenvalue weighted by atomic mass is 9.90. The zero-order chi connectivity index (χ0) is 31.7. The third-order valence-electron chi connectivity index (χ3n) is 7.46. The number of carbonyl (C=O) groups is 2. The van der Waals surface area contributed by atoms with Crippen LogP contribution in [0.2, 0.25) is 0 Å². The summed E-state index contributed by atoms with van der Waals surface area (Å²) in [6.07, 6.45) is 25.6. The molecule has 0 saturated carbocycles. The number of amides is 1. The molecular weight excluding hydrogens is 589 g/mol. The summed E-state index contributed by atoms with van der Waals surface area (Å²) in [6.45, 7) is 10.7. The molecule has 2 aliphatic rings. The van der Waals surface area contributed by atoms with Crippen molar-refractivity contribution in [2.45, 2.75) is 96.1 Å². The zero-order valence-electron chi connectivity index (χ0n) is 26.7. The fraction of sp³-hybridized carbons (Fsp3) is 0.472. The highest BCUT2D eigenvalue weighted by atomic mass is 33.1. The van der Waals surface area contributed by atoms with Crippen LogP contribution in [0.25, 0.3) is 0 Å². The Morgan fingerprint density at radius 3 is 2.82 bits per heavy atom. The van der Waals surface area contributed by atoms with Crippen molar-refractivity contribution >= 4 is 33.5 Å². The molecular formula is C36H48N2O4S2. The predicted octanol–water partition coefficient (Wildman–Crippen LogP) is 8.36. The molecule has 8 heteroatoms. The first kappa shape index (κ1) is 35.7. The van der Waals surface area contributed by atoms with Gasteiger partial charge in [0, 0.05) is 30.9 Å². The Balaban J connectivity index is 1.57. The van der Waals surface area contributed by atoms with Crippen molar-refractivity contribution in [2.24, 2.45) is 11.8 Å². The Morgan fingerprint density at radius 1 is 1.23 bits per heavy atom. The van der Waals surface area contributed by atoms with E-state index in [1.165, 1.54) is 11.6 Å². The van der Waals surface area contributed by atoms with Crippen LogP contribution in [0.1, 0.15) is 66.7 Å². The van der Waals surface area contributed by atoms with Crippen molar-refractivity contribution in [1.29, 1.82) is 0 Å². The largest absolute Gasteiger partial charge is 0.455 e. The van der Waals surface area contributed by atoms with Gasteiger partial charge >= 0.3 is 5.97 Å². The number of cyclic esters (lactones) is 1.